The molecular weight excluding hydrogens is 234 g/mol. The number of phenolic OH excluding ortho intramolecular Hbond substituents is 1. The fraction of sp³-hybridized carbons (Fsp3) is 0.294. The van der Waals surface area contributed by atoms with E-state index in [0.717, 1.165) is 5.56 Å². The van der Waals surface area contributed by atoms with E-state index in [0.29, 0.717) is 5.75 Å². The molecule has 2 rings (SSSR count). The van der Waals surface area contributed by atoms with Crippen molar-refractivity contribution in [3.8, 4) is 5.75 Å². The van der Waals surface area contributed by atoms with E-state index >= 15 is 0 Å². The Balaban J connectivity index is 2.11. The third kappa shape index (κ3) is 3.36. The van der Waals surface area contributed by atoms with Crippen LogP contribution < -0.4 is 5.32 Å². The van der Waals surface area contributed by atoms with Gasteiger partial charge in [0.1, 0.15) is 5.75 Å². The monoisotopic (exact) mass is 255 g/mol. The zero-order valence-electron chi connectivity index (χ0n) is 11.7. The molecule has 2 atom stereocenters. The molecule has 0 aliphatic heterocycles. The summed E-state index contributed by atoms with van der Waals surface area (Å²) in [6.07, 6.45) is 0. The van der Waals surface area contributed by atoms with Gasteiger partial charge in [0.2, 0.25) is 0 Å². The third-order valence-electron chi connectivity index (χ3n) is 3.53. The molecule has 2 aromatic carbocycles. The lowest BCUT2D eigenvalue weighted by Gasteiger charge is -2.22. The predicted molar refractivity (Wildman–Crippen MR) is 79.3 cm³/mol. The number of nitrogens with one attached hydrogen (secondary N) is 1. The van der Waals surface area contributed by atoms with Gasteiger partial charge in [-0.1, -0.05) is 36.4 Å². The SMILES string of the molecule is Cc1ccccc1C(C)NC(C)c1cccc(O)c1. The largest absolute Gasteiger partial charge is 0.508 e. The molecule has 0 fully saturated rings. The number of phenols is 1. The maximum absolute atomic E-state index is 9.53. The Bertz CT molecular complexity index is 550. The lowest BCUT2D eigenvalue weighted by atomic mass is 10.0. The summed E-state index contributed by atoms with van der Waals surface area (Å²) in [7, 11) is 0. The molecule has 0 bridgehead atoms. The van der Waals surface area contributed by atoms with E-state index in [1.807, 2.05) is 18.2 Å². The number of aromatic hydroxyl groups is 1. The molecule has 2 unspecified atom stereocenters. The average Bonchev–Trinajstić information content (AvgIpc) is 2.39. The summed E-state index contributed by atoms with van der Waals surface area (Å²) in [6, 6.07) is 16.3. The van der Waals surface area contributed by atoms with Gasteiger partial charge in [0.05, 0.1) is 0 Å². The Hall–Kier alpha value is -1.80. The van der Waals surface area contributed by atoms with Crippen molar-refractivity contribution in [1.29, 1.82) is 0 Å². The molecule has 2 aromatic rings. The van der Waals surface area contributed by atoms with E-state index in [2.05, 4.69) is 50.4 Å². The first-order chi connectivity index (χ1) is 9.08. The second kappa shape index (κ2) is 5.89. The van der Waals surface area contributed by atoms with Gasteiger partial charge in [-0.2, -0.15) is 0 Å². The predicted octanol–water partition coefficient (Wildman–Crippen LogP) is 4.11. The van der Waals surface area contributed by atoms with Gasteiger partial charge in [0.15, 0.2) is 0 Å². The topological polar surface area (TPSA) is 32.3 Å². The van der Waals surface area contributed by atoms with Gasteiger partial charge in [-0.05, 0) is 49.6 Å². The summed E-state index contributed by atoms with van der Waals surface area (Å²) >= 11 is 0. The molecule has 100 valence electrons. The van der Waals surface area contributed by atoms with Gasteiger partial charge in [-0.3, -0.25) is 0 Å². The molecule has 0 heterocycles. The van der Waals surface area contributed by atoms with Gasteiger partial charge < -0.3 is 10.4 Å². The van der Waals surface area contributed by atoms with Crippen LogP contribution >= 0.6 is 0 Å². The molecule has 2 heteroatoms. The Morgan fingerprint density at radius 3 is 2.37 bits per heavy atom. The number of aryl methyl sites for hydroxylation is 1. The third-order valence-corrected chi connectivity index (χ3v) is 3.53. The quantitative estimate of drug-likeness (QED) is 0.861. The molecule has 2 nitrogen and oxygen atoms in total. The van der Waals surface area contributed by atoms with Gasteiger partial charge in [-0.25, -0.2) is 0 Å². The first-order valence-corrected chi connectivity index (χ1v) is 6.68. The smallest absolute Gasteiger partial charge is 0.115 e. The Morgan fingerprint density at radius 1 is 0.947 bits per heavy atom. The highest BCUT2D eigenvalue weighted by Gasteiger charge is 2.12. The van der Waals surface area contributed by atoms with Crippen LogP contribution in [0.1, 0.15) is 42.6 Å². The molecule has 0 aliphatic rings. The van der Waals surface area contributed by atoms with Crippen LogP contribution in [0.5, 0.6) is 5.75 Å². The van der Waals surface area contributed by atoms with Crippen LogP contribution in [0.15, 0.2) is 48.5 Å². The number of hydrogen-bond donors (Lipinski definition) is 2. The second-order valence-electron chi connectivity index (χ2n) is 5.06. The van der Waals surface area contributed by atoms with Crippen LogP contribution in [0.4, 0.5) is 0 Å². The molecule has 2 N–H and O–H groups in total. The van der Waals surface area contributed by atoms with E-state index in [1.54, 1.807) is 6.07 Å². The van der Waals surface area contributed by atoms with E-state index in [-0.39, 0.29) is 12.1 Å². The van der Waals surface area contributed by atoms with Gasteiger partial charge in [-0.15, -0.1) is 0 Å². The van der Waals surface area contributed by atoms with Crippen LogP contribution in [0.25, 0.3) is 0 Å². The molecule has 0 saturated carbocycles. The number of rotatable bonds is 4. The normalized spacial score (nSPS) is 14.1. The van der Waals surface area contributed by atoms with Crippen molar-refractivity contribution in [2.45, 2.75) is 32.9 Å². The maximum atomic E-state index is 9.53. The zero-order chi connectivity index (χ0) is 13.8. The summed E-state index contributed by atoms with van der Waals surface area (Å²) in [6.45, 7) is 6.41. The van der Waals surface area contributed by atoms with Crippen molar-refractivity contribution in [3.05, 3.63) is 65.2 Å². The molecule has 0 saturated heterocycles. The van der Waals surface area contributed by atoms with Crippen molar-refractivity contribution in [3.63, 3.8) is 0 Å². The minimum absolute atomic E-state index is 0.196. The van der Waals surface area contributed by atoms with Crippen molar-refractivity contribution in [2.24, 2.45) is 0 Å². The van der Waals surface area contributed by atoms with E-state index in [1.165, 1.54) is 11.1 Å². The first kappa shape index (κ1) is 13.6. The van der Waals surface area contributed by atoms with Crippen LogP contribution in [-0.4, -0.2) is 5.11 Å². The van der Waals surface area contributed by atoms with E-state index in [4.69, 9.17) is 0 Å². The van der Waals surface area contributed by atoms with Gasteiger partial charge >= 0.3 is 0 Å². The van der Waals surface area contributed by atoms with Crippen LogP contribution in [0, 0.1) is 6.92 Å². The number of hydrogen-bond acceptors (Lipinski definition) is 2. The molecule has 0 amide bonds. The molecule has 19 heavy (non-hydrogen) atoms. The summed E-state index contributed by atoms with van der Waals surface area (Å²) < 4.78 is 0. The molecule has 0 aromatic heterocycles. The lowest BCUT2D eigenvalue weighted by molar-refractivity contribution is 0.466. The van der Waals surface area contributed by atoms with Crippen LogP contribution in [0.2, 0.25) is 0 Å². The summed E-state index contributed by atoms with van der Waals surface area (Å²) in [5, 5.41) is 13.1. The minimum atomic E-state index is 0.196. The Kier molecular flexibility index (Phi) is 4.23. The highest BCUT2D eigenvalue weighted by atomic mass is 16.3. The first-order valence-electron chi connectivity index (χ1n) is 6.68. The Labute approximate surface area is 115 Å². The zero-order valence-corrected chi connectivity index (χ0v) is 11.7. The molecule has 0 radical (unpaired) electrons. The van der Waals surface area contributed by atoms with Crippen LogP contribution in [0.3, 0.4) is 0 Å². The van der Waals surface area contributed by atoms with Crippen molar-refractivity contribution >= 4 is 0 Å². The average molecular weight is 255 g/mol. The molecule has 0 aliphatic carbocycles. The van der Waals surface area contributed by atoms with Gasteiger partial charge in [0, 0.05) is 12.1 Å². The number of benzene rings is 2. The molecular formula is C17H21NO. The van der Waals surface area contributed by atoms with E-state index < -0.39 is 0 Å². The fourth-order valence-electron chi connectivity index (χ4n) is 2.43. The summed E-state index contributed by atoms with van der Waals surface area (Å²) in [5.41, 5.74) is 3.71. The second-order valence-corrected chi connectivity index (χ2v) is 5.06. The summed E-state index contributed by atoms with van der Waals surface area (Å²) in [5.74, 6) is 0.315. The molecule has 0 spiro atoms. The minimum Gasteiger partial charge on any atom is -0.508 e. The Morgan fingerprint density at radius 2 is 1.68 bits per heavy atom. The van der Waals surface area contributed by atoms with Crippen LogP contribution in [-0.2, 0) is 0 Å². The summed E-state index contributed by atoms with van der Waals surface area (Å²) in [4.78, 5) is 0. The van der Waals surface area contributed by atoms with Crippen molar-refractivity contribution in [2.75, 3.05) is 0 Å². The lowest BCUT2D eigenvalue weighted by Crippen LogP contribution is -2.23. The highest BCUT2D eigenvalue weighted by Crippen LogP contribution is 2.23. The van der Waals surface area contributed by atoms with Crippen molar-refractivity contribution < 1.29 is 5.11 Å². The van der Waals surface area contributed by atoms with Gasteiger partial charge in [0.25, 0.3) is 0 Å². The standard InChI is InChI=1S/C17H21NO/c1-12-7-4-5-10-17(12)14(3)18-13(2)15-8-6-9-16(19)11-15/h4-11,13-14,18-19H,1-3H3. The highest BCUT2D eigenvalue weighted by molar-refractivity contribution is 5.31. The maximum Gasteiger partial charge on any atom is 0.115 e. The van der Waals surface area contributed by atoms with Crippen molar-refractivity contribution in [1.82, 2.24) is 5.32 Å². The van der Waals surface area contributed by atoms with E-state index in [9.17, 15) is 5.11 Å². The fourth-order valence-corrected chi connectivity index (χ4v) is 2.43.